The van der Waals surface area contributed by atoms with Crippen molar-refractivity contribution >= 4 is 29.2 Å². The molecule has 0 aromatic carbocycles. The number of nitrogens with zero attached hydrogens (tertiary/aromatic N) is 5. The second-order valence-corrected chi connectivity index (χ2v) is 3.49. The highest BCUT2D eigenvalue weighted by Gasteiger charge is 2.06. The molecule has 1 amide bonds. The van der Waals surface area contributed by atoms with Gasteiger partial charge < -0.3 is 5.32 Å². The zero-order valence-corrected chi connectivity index (χ0v) is 9.70. The van der Waals surface area contributed by atoms with Crippen LogP contribution in [0.15, 0.2) is 25.7 Å². The largest absolute Gasteiger partial charge is 0.301 e. The third-order valence-corrected chi connectivity index (χ3v) is 1.96. The molecule has 0 fully saturated rings. The summed E-state index contributed by atoms with van der Waals surface area (Å²) in [4.78, 5) is 15.1. The zero-order valence-electron chi connectivity index (χ0n) is 8.88. The summed E-state index contributed by atoms with van der Waals surface area (Å²) < 4.78 is 0. The molecule has 0 spiro atoms. The molecule has 7 nitrogen and oxygen atoms in total. The molecule has 1 heterocycles. The van der Waals surface area contributed by atoms with Crippen molar-refractivity contribution in [2.24, 2.45) is 25.7 Å². The van der Waals surface area contributed by atoms with Gasteiger partial charge in [0.05, 0.1) is 0 Å². The molecule has 0 bridgehead atoms. The van der Waals surface area contributed by atoms with Crippen molar-refractivity contribution in [1.29, 1.82) is 0 Å². The van der Waals surface area contributed by atoms with Gasteiger partial charge in [-0.15, -0.1) is 0 Å². The van der Waals surface area contributed by atoms with Crippen molar-refractivity contribution in [2.75, 3.05) is 0 Å². The Morgan fingerprint density at radius 2 is 2.06 bits per heavy atom. The molecular formula is C8H12N6OS. The standard InChI is InChI=1S/C8H12N6OS/c1-2-3-4-5-6(15)9-8(16)10-7-11-13-14-12-7/h2-5H2,1H3,(H,9,15,16). The Morgan fingerprint density at radius 3 is 2.69 bits per heavy atom. The van der Waals surface area contributed by atoms with Gasteiger partial charge in [-0.2, -0.15) is 4.99 Å². The number of unbranched alkanes of at least 4 members (excludes halogenated alkanes) is 2. The van der Waals surface area contributed by atoms with E-state index in [1.54, 1.807) is 0 Å². The number of hydrogen-bond donors (Lipinski definition) is 1. The molecule has 0 atom stereocenters. The lowest BCUT2D eigenvalue weighted by atomic mass is 10.2. The van der Waals surface area contributed by atoms with Crippen LogP contribution in [0.5, 0.6) is 0 Å². The van der Waals surface area contributed by atoms with Crippen molar-refractivity contribution in [3.05, 3.63) is 0 Å². The van der Waals surface area contributed by atoms with Crippen molar-refractivity contribution in [3.8, 4) is 0 Å². The van der Waals surface area contributed by atoms with Gasteiger partial charge in [0.25, 0.3) is 5.96 Å². The molecule has 1 rings (SSSR count). The number of nitrogens with one attached hydrogen (secondary N) is 1. The van der Waals surface area contributed by atoms with E-state index in [4.69, 9.17) is 12.2 Å². The second kappa shape index (κ2) is 6.83. The Morgan fingerprint density at radius 1 is 1.38 bits per heavy atom. The molecule has 1 aliphatic rings. The fraction of sp³-hybridized carbons (Fsp3) is 0.625. The van der Waals surface area contributed by atoms with Gasteiger partial charge in [0.1, 0.15) is 0 Å². The predicted molar refractivity (Wildman–Crippen MR) is 62.0 cm³/mol. The molecule has 0 unspecified atom stereocenters. The lowest BCUT2D eigenvalue weighted by Crippen LogP contribution is -2.27. The van der Waals surface area contributed by atoms with E-state index in [1.807, 2.05) is 0 Å². The summed E-state index contributed by atoms with van der Waals surface area (Å²) in [5.74, 6) is -0.0893. The molecule has 8 heteroatoms. The molecule has 0 aliphatic carbocycles. The molecule has 0 radical (unpaired) electrons. The van der Waals surface area contributed by atoms with Gasteiger partial charge in [0.2, 0.25) is 11.0 Å². The van der Waals surface area contributed by atoms with Crippen LogP contribution in [0, 0.1) is 0 Å². The normalized spacial score (nSPS) is 12.9. The van der Waals surface area contributed by atoms with Gasteiger partial charge in [-0.25, -0.2) is 0 Å². The summed E-state index contributed by atoms with van der Waals surface area (Å²) in [5, 5.41) is 15.9. The summed E-state index contributed by atoms with van der Waals surface area (Å²) in [7, 11) is 0. The van der Waals surface area contributed by atoms with Crippen molar-refractivity contribution in [2.45, 2.75) is 32.6 Å². The highest BCUT2D eigenvalue weighted by Crippen LogP contribution is 2.00. The fourth-order valence-electron chi connectivity index (χ4n) is 1.02. The number of thiocarbonyl (C=S) groups is 1. The van der Waals surface area contributed by atoms with Crippen LogP contribution in [0.2, 0.25) is 0 Å². The van der Waals surface area contributed by atoms with Gasteiger partial charge >= 0.3 is 0 Å². The zero-order chi connectivity index (χ0) is 11.8. The minimum atomic E-state index is -0.144. The molecule has 0 aromatic heterocycles. The lowest BCUT2D eigenvalue weighted by Gasteiger charge is -2.01. The van der Waals surface area contributed by atoms with Crippen molar-refractivity contribution < 1.29 is 4.79 Å². The van der Waals surface area contributed by atoms with Gasteiger partial charge in [0.15, 0.2) is 0 Å². The van der Waals surface area contributed by atoms with E-state index < -0.39 is 0 Å². The number of carbonyl (C=O) groups is 1. The first-order valence-corrected chi connectivity index (χ1v) is 5.37. The third kappa shape index (κ3) is 4.78. The molecule has 16 heavy (non-hydrogen) atoms. The van der Waals surface area contributed by atoms with E-state index in [2.05, 4.69) is 37.9 Å². The lowest BCUT2D eigenvalue weighted by molar-refractivity contribution is -0.119. The smallest absolute Gasteiger partial charge is 0.294 e. The number of carbonyl (C=O) groups excluding carboxylic acids is 1. The SMILES string of the molecule is CCCCCC(=O)NC(=S)N=C1N=NN=N1. The van der Waals surface area contributed by atoms with Crippen LogP contribution in [0.4, 0.5) is 0 Å². The van der Waals surface area contributed by atoms with Crippen LogP contribution in [-0.2, 0) is 4.79 Å². The van der Waals surface area contributed by atoms with Crippen LogP contribution in [0.25, 0.3) is 0 Å². The summed E-state index contributed by atoms with van der Waals surface area (Å²) in [6.07, 6.45) is 3.39. The van der Waals surface area contributed by atoms with Crippen molar-refractivity contribution in [3.63, 3.8) is 0 Å². The number of guanidine groups is 1. The van der Waals surface area contributed by atoms with Gasteiger partial charge in [-0.05, 0) is 29.1 Å². The first-order chi connectivity index (χ1) is 7.72. The summed E-state index contributed by atoms with van der Waals surface area (Å²) in [6, 6.07) is 0. The Kier molecular flexibility index (Phi) is 5.34. The van der Waals surface area contributed by atoms with E-state index in [9.17, 15) is 4.79 Å². The number of aliphatic imine (C=N–C) groups is 1. The minimum Gasteiger partial charge on any atom is -0.301 e. The summed E-state index contributed by atoms with van der Waals surface area (Å²) >= 11 is 4.82. The molecule has 86 valence electrons. The number of amides is 1. The van der Waals surface area contributed by atoms with Crippen LogP contribution in [0.1, 0.15) is 32.6 Å². The predicted octanol–water partition coefficient (Wildman–Crippen LogP) is 2.16. The maximum atomic E-state index is 11.3. The van der Waals surface area contributed by atoms with Gasteiger partial charge in [-0.1, -0.05) is 30.0 Å². The van der Waals surface area contributed by atoms with Crippen molar-refractivity contribution in [1.82, 2.24) is 5.32 Å². The van der Waals surface area contributed by atoms with E-state index >= 15 is 0 Å². The topological polar surface area (TPSA) is 90.9 Å². The molecule has 1 aliphatic heterocycles. The first-order valence-electron chi connectivity index (χ1n) is 4.96. The molecule has 0 saturated carbocycles. The van der Waals surface area contributed by atoms with Gasteiger partial charge in [0, 0.05) is 6.42 Å². The number of rotatable bonds is 4. The Bertz CT molecular complexity index is 348. The van der Waals surface area contributed by atoms with Gasteiger partial charge in [-0.3, -0.25) is 4.79 Å². The average molecular weight is 240 g/mol. The average Bonchev–Trinajstić information content (AvgIpc) is 2.70. The fourth-order valence-corrected chi connectivity index (χ4v) is 1.22. The minimum absolute atomic E-state index is 0.0382. The second-order valence-electron chi connectivity index (χ2n) is 3.10. The maximum Gasteiger partial charge on any atom is 0.294 e. The van der Waals surface area contributed by atoms with Crippen LogP contribution in [-0.4, -0.2) is 17.0 Å². The van der Waals surface area contributed by atoms with E-state index in [0.717, 1.165) is 19.3 Å². The molecule has 0 saturated heterocycles. The highest BCUT2D eigenvalue weighted by molar-refractivity contribution is 7.80. The Labute approximate surface area is 98.1 Å². The van der Waals surface area contributed by atoms with E-state index in [-0.39, 0.29) is 17.0 Å². The Balaban J connectivity index is 2.28. The monoisotopic (exact) mass is 240 g/mol. The Hall–Kier alpha value is -1.57. The first kappa shape index (κ1) is 12.5. The van der Waals surface area contributed by atoms with E-state index in [0.29, 0.717) is 6.42 Å². The number of hydrogen-bond acceptors (Lipinski definition) is 4. The summed E-state index contributed by atoms with van der Waals surface area (Å²) in [6.45, 7) is 2.07. The molecule has 1 N–H and O–H groups in total. The molecular weight excluding hydrogens is 228 g/mol. The highest BCUT2D eigenvalue weighted by atomic mass is 32.1. The van der Waals surface area contributed by atoms with Crippen LogP contribution >= 0.6 is 12.2 Å². The van der Waals surface area contributed by atoms with E-state index in [1.165, 1.54) is 0 Å². The van der Waals surface area contributed by atoms with Crippen LogP contribution < -0.4 is 5.32 Å². The maximum absolute atomic E-state index is 11.3. The third-order valence-electron chi connectivity index (χ3n) is 1.76. The molecule has 0 aromatic rings. The van der Waals surface area contributed by atoms with Crippen LogP contribution in [0.3, 0.4) is 0 Å². The summed E-state index contributed by atoms with van der Waals surface area (Å²) in [5.41, 5.74) is 0. The quantitative estimate of drug-likeness (QED) is 0.602.